The summed E-state index contributed by atoms with van der Waals surface area (Å²) in [7, 11) is 1.71. The molecule has 0 bridgehead atoms. The van der Waals surface area contributed by atoms with Crippen molar-refractivity contribution in [3.63, 3.8) is 0 Å². The maximum atomic E-state index is 6.12. The highest BCUT2D eigenvalue weighted by molar-refractivity contribution is 7.98. The first kappa shape index (κ1) is 16.3. The van der Waals surface area contributed by atoms with Crippen molar-refractivity contribution in [2.24, 2.45) is 0 Å². The topological polar surface area (TPSA) is 34.1 Å². The van der Waals surface area contributed by atoms with Gasteiger partial charge in [-0.05, 0) is 29.3 Å². The maximum Gasteiger partial charge on any atom is 0.0629 e. The Morgan fingerprint density at radius 3 is 3.05 bits per heavy atom. The van der Waals surface area contributed by atoms with Gasteiger partial charge in [-0.3, -0.25) is 4.98 Å². The minimum Gasteiger partial charge on any atom is -0.383 e. The highest BCUT2D eigenvalue weighted by Gasteiger charge is 2.02. The van der Waals surface area contributed by atoms with Gasteiger partial charge in [0.15, 0.2) is 0 Å². The normalized spacial score (nSPS) is 10.8. The van der Waals surface area contributed by atoms with Crippen LogP contribution in [-0.2, 0) is 17.0 Å². The summed E-state index contributed by atoms with van der Waals surface area (Å²) in [6, 6.07) is 10.5. The Labute approximate surface area is 135 Å². The number of hydrogen-bond acceptors (Lipinski definition) is 4. The van der Waals surface area contributed by atoms with Crippen molar-refractivity contribution in [3.8, 4) is 0 Å². The molecule has 0 saturated carbocycles. The summed E-state index contributed by atoms with van der Waals surface area (Å²) in [5, 5.41) is 4.07. The number of nitrogens with one attached hydrogen (secondary N) is 1. The zero-order valence-electron chi connectivity index (χ0n) is 12.0. The molecule has 1 aromatic heterocycles. The van der Waals surface area contributed by atoms with Crippen LogP contribution in [0.25, 0.3) is 0 Å². The van der Waals surface area contributed by atoms with Crippen LogP contribution < -0.4 is 5.32 Å². The molecule has 0 amide bonds. The summed E-state index contributed by atoms with van der Waals surface area (Å²) in [5.41, 5.74) is 2.39. The lowest BCUT2D eigenvalue weighted by atomic mass is 10.2. The molecule has 0 fully saturated rings. The summed E-state index contributed by atoms with van der Waals surface area (Å²) in [6.07, 6.45) is 3.46. The van der Waals surface area contributed by atoms with Crippen LogP contribution in [0.15, 0.2) is 47.6 Å². The summed E-state index contributed by atoms with van der Waals surface area (Å²) >= 11 is 7.90. The van der Waals surface area contributed by atoms with E-state index >= 15 is 0 Å². The molecule has 0 unspecified atom stereocenters. The lowest BCUT2D eigenvalue weighted by Gasteiger charge is -2.07. The SMILES string of the molecule is COCCNCc1cccc(SCc2ccncc2Cl)c1. The van der Waals surface area contributed by atoms with Gasteiger partial charge in [-0.2, -0.15) is 0 Å². The monoisotopic (exact) mass is 322 g/mol. The van der Waals surface area contributed by atoms with E-state index in [2.05, 4.69) is 34.6 Å². The quantitative estimate of drug-likeness (QED) is 0.592. The van der Waals surface area contributed by atoms with Crippen LogP contribution in [0.3, 0.4) is 0 Å². The highest BCUT2D eigenvalue weighted by atomic mass is 35.5. The molecule has 112 valence electrons. The highest BCUT2D eigenvalue weighted by Crippen LogP contribution is 2.26. The Kier molecular flexibility index (Phi) is 7.03. The maximum absolute atomic E-state index is 6.12. The molecule has 1 heterocycles. The third-order valence-electron chi connectivity index (χ3n) is 2.96. The fourth-order valence-corrected chi connectivity index (χ4v) is 3.08. The van der Waals surface area contributed by atoms with Crippen LogP contribution >= 0.6 is 23.4 Å². The van der Waals surface area contributed by atoms with E-state index in [4.69, 9.17) is 16.3 Å². The average Bonchev–Trinajstić information content (AvgIpc) is 2.51. The molecule has 2 rings (SSSR count). The smallest absolute Gasteiger partial charge is 0.0629 e. The number of rotatable bonds is 8. The Hall–Kier alpha value is -1.07. The molecule has 0 atom stereocenters. The molecule has 0 aliphatic carbocycles. The Morgan fingerprint density at radius 1 is 1.33 bits per heavy atom. The molecule has 0 aliphatic heterocycles. The zero-order valence-corrected chi connectivity index (χ0v) is 13.6. The van der Waals surface area contributed by atoms with Gasteiger partial charge in [-0.25, -0.2) is 0 Å². The van der Waals surface area contributed by atoms with Crippen LogP contribution in [0.1, 0.15) is 11.1 Å². The van der Waals surface area contributed by atoms with Crippen LogP contribution in [0.4, 0.5) is 0 Å². The van der Waals surface area contributed by atoms with Crippen molar-refractivity contribution in [1.29, 1.82) is 0 Å². The molecule has 0 aliphatic rings. The fourth-order valence-electron chi connectivity index (χ4n) is 1.83. The van der Waals surface area contributed by atoms with Crippen molar-refractivity contribution in [2.45, 2.75) is 17.2 Å². The van der Waals surface area contributed by atoms with Crippen LogP contribution in [-0.4, -0.2) is 25.2 Å². The Morgan fingerprint density at radius 2 is 2.24 bits per heavy atom. The molecule has 2 aromatic rings. The standard InChI is InChI=1S/C16H19ClN2OS/c1-20-8-7-19-10-13-3-2-4-15(9-13)21-12-14-5-6-18-11-16(14)17/h2-6,9,11,19H,7-8,10,12H2,1H3. The first-order chi connectivity index (χ1) is 10.3. The van der Waals surface area contributed by atoms with Gasteiger partial charge in [0.05, 0.1) is 11.6 Å². The van der Waals surface area contributed by atoms with Crippen molar-refractivity contribution < 1.29 is 4.74 Å². The Bertz CT molecular complexity index is 565. The van der Waals surface area contributed by atoms with E-state index in [0.717, 1.165) is 36.0 Å². The van der Waals surface area contributed by atoms with Gasteiger partial charge in [-0.15, -0.1) is 11.8 Å². The van der Waals surface area contributed by atoms with Gasteiger partial charge in [0.2, 0.25) is 0 Å². The minimum absolute atomic E-state index is 0.724. The van der Waals surface area contributed by atoms with E-state index in [1.54, 1.807) is 31.3 Å². The Balaban J connectivity index is 1.87. The predicted octanol–water partition coefficient (Wildman–Crippen LogP) is 3.76. The number of methoxy groups -OCH3 is 1. The molecule has 5 heteroatoms. The number of pyridine rings is 1. The van der Waals surface area contributed by atoms with Gasteiger partial charge < -0.3 is 10.1 Å². The van der Waals surface area contributed by atoms with Crippen molar-refractivity contribution >= 4 is 23.4 Å². The minimum atomic E-state index is 0.724. The summed E-state index contributed by atoms with van der Waals surface area (Å²) < 4.78 is 5.02. The van der Waals surface area contributed by atoms with Crippen LogP contribution in [0.5, 0.6) is 0 Å². The van der Waals surface area contributed by atoms with E-state index in [9.17, 15) is 0 Å². The van der Waals surface area contributed by atoms with Gasteiger partial charge in [0, 0.05) is 43.2 Å². The first-order valence-electron chi connectivity index (χ1n) is 6.79. The average molecular weight is 323 g/mol. The lowest BCUT2D eigenvalue weighted by molar-refractivity contribution is 0.199. The second-order valence-corrected chi connectivity index (χ2v) is 6.03. The van der Waals surface area contributed by atoms with Crippen molar-refractivity contribution in [3.05, 3.63) is 58.9 Å². The lowest BCUT2D eigenvalue weighted by Crippen LogP contribution is -2.18. The van der Waals surface area contributed by atoms with Crippen molar-refractivity contribution in [2.75, 3.05) is 20.3 Å². The molecule has 0 radical (unpaired) electrons. The van der Waals surface area contributed by atoms with E-state index in [0.29, 0.717) is 0 Å². The summed E-state index contributed by atoms with van der Waals surface area (Å²) in [4.78, 5) is 5.25. The van der Waals surface area contributed by atoms with E-state index in [1.165, 1.54) is 10.5 Å². The molecule has 21 heavy (non-hydrogen) atoms. The molecule has 0 saturated heterocycles. The molecule has 0 spiro atoms. The van der Waals surface area contributed by atoms with Crippen LogP contribution in [0.2, 0.25) is 5.02 Å². The van der Waals surface area contributed by atoms with E-state index < -0.39 is 0 Å². The van der Waals surface area contributed by atoms with Crippen molar-refractivity contribution in [1.82, 2.24) is 10.3 Å². The molecule has 1 N–H and O–H groups in total. The third-order valence-corrected chi connectivity index (χ3v) is 4.34. The molecular weight excluding hydrogens is 304 g/mol. The van der Waals surface area contributed by atoms with E-state index in [-0.39, 0.29) is 0 Å². The zero-order chi connectivity index (χ0) is 14.9. The summed E-state index contributed by atoms with van der Waals surface area (Å²) in [5.74, 6) is 0.849. The number of hydrogen-bond donors (Lipinski definition) is 1. The largest absolute Gasteiger partial charge is 0.383 e. The van der Waals surface area contributed by atoms with E-state index in [1.807, 2.05) is 6.07 Å². The second-order valence-electron chi connectivity index (χ2n) is 4.57. The number of halogens is 1. The number of benzene rings is 1. The third kappa shape index (κ3) is 5.67. The summed E-state index contributed by atoms with van der Waals surface area (Å²) in [6.45, 7) is 2.45. The van der Waals surface area contributed by atoms with Gasteiger partial charge in [-0.1, -0.05) is 23.7 Å². The predicted molar refractivity (Wildman–Crippen MR) is 88.8 cm³/mol. The molecule has 3 nitrogen and oxygen atoms in total. The van der Waals surface area contributed by atoms with Gasteiger partial charge >= 0.3 is 0 Å². The number of nitrogens with zero attached hydrogens (tertiary/aromatic N) is 1. The first-order valence-corrected chi connectivity index (χ1v) is 8.15. The number of ether oxygens (including phenoxy) is 1. The molecular formula is C16H19ClN2OS. The molecule has 1 aromatic carbocycles. The van der Waals surface area contributed by atoms with Crippen LogP contribution in [0, 0.1) is 0 Å². The van der Waals surface area contributed by atoms with Gasteiger partial charge in [0.1, 0.15) is 0 Å². The van der Waals surface area contributed by atoms with Gasteiger partial charge in [0.25, 0.3) is 0 Å². The number of aromatic nitrogens is 1. The number of thioether (sulfide) groups is 1. The fraction of sp³-hybridized carbons (Fsp3) is 0.312. The second kappa shape index (κ2) is 9.05.